The SMILES string of the molecule is CN1CC(SC=CC2=C(C(=O)O)N3C(=O)[C@@H](NC(=O)/C(=N\O)c4nc(N)sc4Cl)[C@H]3SC2)CC1=O. The maximum absolute atomic E-state index is 12.8. The predicted octanol–water partition coefficient (Wildman–Crippen LogP) is 0.773. The first-order chi connectivity index (χ1) is 16.6. The van der Waals surface area contributed by atoms with Gasteiger partial charge >= 0.3 is 5.97 Å². The Bertz CT molecular complexity index is 1200. The molecule has 0 aromatic carbocycles. The van der Waals surface area contributed by atoms with Gasteiger partial charge in [0.05, 0.1) is 0 Å². The lowest BCUT2D eigenvalue weighted by molar-refractivity contribution is -0.150. The molecule has 3 aliphatic heterocycles. The zero-order chi connectivity index (χ0) is 25.4. The van der Waals surface area contributed by atoms with Crippen molar-refractivity contribution >= 4 is 81.0 Å². The highest BCUT2D eigenvalue weighted by molar-refractivity contribution is 8.02. The number of rotatable bonds is 7. The van der Waals surface area contributed by atoms with Crippen LogP contribution >= 0.6 is 46.5 Å². The smallest absolute Gasteiger partial charge is 0.352 e. The van der Waals surface area contributed by atoms with Crippen LogP contribution in [0.3, 0.4) is 0 Å². The number of β-lactam (4-membered cyclic amide) rings is 1. The number of nitrogens with one attached hydrogen (secondary N) is 1. The molecule has 4 rings (SSSR count). The lowest BCUT2D eigenvalue weighted by atomic mass is 10.0. The molecule has 2 saturated heterocycles. The number of oxime groups is 1. The number of carbonyl (C=O) groups is 4. The number of amides is 3. The van der Waals surface area contributed by atoms with Gasteiger partial charge in [0.2, 0.25) is 5.91 Å². The van der Waals surface area contributed by atoms with Gasteiger partial charge in [0, 0.05) is 31.0 Å². The summed E-state index contributed by atoms with van der Waals surface area (Å²) in [6.07, 6.45) is 2.06. The molecule has 3 aliphatic rings. The van der Waals surface area contributed by atoms with Gasteiger partial charge in [0.1, 0.15) is 27.1 Å². The number of thioether (sulfide) groups is 2. The molecule has 35 heavy (non-hydrogen) atoms. The molecule has 1 aromatic rings. The Hall–Kier alpha value is -2.75. The Morgan fingerprint density at radius 2 is 2.14 bits per heavy atom. The van der Waals surface area contributed by atoms with Gasteiger partial charge < -0.3 is 26.3 Å². The number of likely N-dealkylation sites (tertiary alicyclic amines) is 1. The van der Waals surface area contributed by atoms with Gasteiger partial charge in [-0.25, -0.2) is 9.78 Å². The number of anilines is 1. The van der Waals surface area contributed by atoms with Crippen molar-refractivity contribution in [2.75, 3.05) is 25.1 Å². The van der Waals surface area contributed by atoms with E-state index >= 15 is 0 Å². The number of aromatic nitrogens is 1. The molecule has 0 saturated carbocycles. The molecule has 12 nitrogen and oxygen atoms in total. The van der Waals surface area contributed by atoms with Crippen LogP contribution in [0.25, 0.3) is 0 Å². The molecule has 0 radical (unpaired) electrons. The van der Waals surface area contributed by atoms with Crippen molar-refractivity contribution in [3.8, 4) is 0 Å². The van der Waals surface area contributed by atoms with Crippen LogP contribution in [0.15, 0.2) is 27.9 Å². The molecule has 2 fully saturated rings. The largest absolute Gasteiger partial charge is 0.477 e. The third-order valence-electron chi connectivity index (χ3n) is 5.47. The van der Waals surface area contributed by atoms with E-state index in [1.807, 2.05) is 0 Å². The van der Waals surface area contributed by atoms with Gasteiger partial charge in [-0.15, -0.1) is 23.5 Å². The van der Waals surface area contributed by atoms with Crippen molar-refractivity contribution in [2.24, 2.45) is 5.16 Å². The van der Waals surface area contributed by atoms with Crippen molar-refractivity contribution in [2.45, 2.75) is 23.1 Å². The molecule has 1 aromatic heterocycles. The van der Waals surface area contributed by atoms with E-state index in [2.05, 4.69) is 15.5 Å². The number of nitrogens with zero attached hydrogens (tertiary/aromatic N) is 4. The molecular weight excluding hydrogens is 540 g/mol. The molecule has 5 N–H and O–H groups in total. The Balaban J connectivity index is 1.46. The van der Waals surface area contributed by atoms with Crippen LogP contribution < -0.4 is 11.1 Å². The fourth-order valence-corrected chi connectivity index (χ4v) is 7.05. The first-order valence-electron chi connectivity index (χ1n) is 10.0. The minimum Gasteiger partial charge on any atom is -0.477 e. The minimum absolute atomic E-state index is 0.0399. The molecule has 0 bridgehead atoms. The Kier molecular flexibility index (Phi) is 7.30. The summed E-state index contributed by atoms with van der Waals surface area (Å²) >= 11 is 9.59. The Morgan fingerprint density at radius 3 is 2.71 bits per heavy atom. The molecule has 16 heteroatoms. The fraction of sp³-hybridized carbons (Fsp3) is 0.368. The van der Waals surface area contributed by atoms with Crippen molar-refractivity contribution in [1.82, 2.24) is 20.1 Å². The quantitative estimate of drug-likeness (QED) is 0.162. The van der Waals surface area contributed by atoms with Crippen molar-refractivity contribution in [3.63, 3.8) is 0 Å². The molecule has 1 unspecified atom stereocenters. The number of aliphatic carboxylic acids is 1. The molecule has 3 atom stereocenters. The summed E-state index contributed by atoms with van der Waals surface area (Å²) < 4.78 is 0.0399. The lowest BCUT2D eigenvalue weighted by Gasteiger charge is -2.49. The van der Waals surface area contributed by atoms with E-state index in [4.69, 9.17) is 17.3 Å². The average Bonchev–Trinajstić information content (AvgIpc) is 3.31. The van der Waals surface area contributed by atoms with E-state index in [0.717, 1.165) is 16.2 Å². The van der Waals surface area contributed by atoms with Crippen LogP contribution in [-0.4, -0.2) is 90.5 Å². The normalized spacial score (nSPS) is 24.7. The maximum Gasteiger partial charge on any atom is 0.352 e. The minimum atomic E-state index is -1.27. The second-order valence-electron chi connectivity index (χ2n) is 7.70. The standard InChI is InChI=1S/C19H19ClN6O6S3/c1-25-5-8(4-9(25)27)33-3-2-7-6-34-17-12(16(29)26(17)13(7)18(30)31)22-15(28)11(24-32)10-14(20)35-19(21)23-10/h2-3,8,12,17,32H,4-6H2,1H3,(H2,21,23)(H,22,28)(H,30,31)/b3-2?,24-11-/t8?,12-,17-/m1/s1. The number of fused-ring (bicyclic) bond motifs is 1. The van der Waals surface area contributed by atoms with Gasteiger partial charge in [-0.2, -0.15) is 0 Å². The van der Waals surface area contributed by atoms with Gasteiger partial charge in [-0.3, -0.25) is 19.3 Å². The molecule has 0 spiro atoms. The van der Waals surface area contributed by atoms with Crippen molar-refractivity contribution in [1.29, 1.82) is 0 Å². The number of halogens is 1. The number of hydrogen-bond acceptors (Lipinski definition) is 11. The van der Waals surface area contributed by atoms with Crippen LogP contribution in [0.5, 0.6) is 0 Å². The third kappa shape index (κ3) is 4.85. The fourth-order valence-electron chi connectivity index (χ4n) is 3.79. The summed E-state index contributed by atoms with van der Waals surface area (Å²) in [7, 11) is 1.73. The lowest BCUT2D eigenvalue weighted by Crippen LogP contribution is -2.71. The van der Waals surface area contributed by atoms with Crippen molar-refractivity contribution in [3.05, 3.63) is 32.8 Å². The van der Waals surface area contributed by atoms with Gasteiger partial charge in [-0.1, -0.05) is 28.1 Å². The third-order valence-corrected chi connectivity index (χ3v) is 8.85. The van der Waals surface area contributed by atoms with Crippen LogP contribution in [0.1, 0.15) is 12.1 Å². The van der Waals surface area contributed by atoms with E-state index in [9.17, 15) is 29.5 Å². The summed E-state index contributed by atoms with van der Waals surface area (Å²) in [6.45, 7) is 0.610. The molecule has 4 heterocycles. The summed E-state index contributed by atoms with van der Waals surface area (Å²) in [4.78, 5) is 55.8. The predicted molar refractivity (Wildman–Crippen MR) is 132 cm³/mol. The first kappa shape index (κ1) is 25.3. The Morgan fingerprint density at radius 1 is 1.40 bits per heavy atom. The number of carbonyl (C=O) groups excluding carboxylic acids is 3. The highest BCUT2D eigenvalue weighted by Gasteiger charge is 2.54. The van der Waals surface area contributed by atoms with Gasteiger partial charge in [0.15, 0.2) is 10.8 Å². The summed E-state index contributed by atoms with van der Waals surface area (Å²) in [5.41, 5.74) is 5.22. The topological polar surface area (TPSA) is 179 Å². The number of hydrogen-bond donors (Lipinski definition) is 4. The zero-order valence-corrected chi connectivity index (χ0v) is 21.2. The number of allylic oxidation sites excluding steroid dienone is 1. The molecular formula is C19H19ClN6O6S3. The van der Waals surface area contributed by atoms with E-state index < -0.39 is 34.9 Å². The highest BCUT2D eigenvalue weighted by Crippen LogP contribution is 2.41. The van der Waals surface area contributed by atoms with E-state index in [0.29, 0.717) is 24.3 Å². The first-order valence-corrected chi connectivity index (χ1v) is 13.2. The molecule has 186 valence electrons. The van der Waals surface area contributed by atoms with Crippen LogP contribution in [-0.2, 0) is 19.2 Å². The number of nitrogen functional groups attached to an aromatic ring is 1. The average molecular weight is 559 g/mol. The van der Waals surface area contributed by atoms with Crippen LogP contribution in [0, 0.1) is 0 Å². The Labute approximate surface area is 216 Å². The van der Waals surface area contributed by atoms with Gasteiger partial charge in [-0.05, 0) is 17.1 Å². The summed E-state index contributed by atoms with van der Waals surface area (Å²) in [6, 6.07) is -1.03. The summed E-state index contributed by atoms with van der Waals surface area (Å²) in [5.74, 6) is -2.44. The number of carboxylic acid groups (broad SMARTS) is 1. The zero-order valence-electron chi connectivity index (χ0n) is 18.0. The number of nitrogens with two attached hydrogens (primary N) is 1. The molecule has 3 amide bonds. The van der Waals surface area contributed by atoms with Gasteiger partial charge in [0.25, 0.3) is 11.8 Å². The second kappa shape index (κ2) is 10.1. The van der Waals surface area contributed by atoms with Crippen LogP contribution in [0.2, 0.25) is 4.34 Å². The van der Waals surface area contributed by atoms with Crippen molar-refractivity contribution < 1.29 is 29.5 Å². The molecule has 0 aliphatic carbocycles. The highest BCUT2D eigenvalue weighted by atomic mass is 35.5. The van der Waals surface area contributed by atoms with Crippen LogP contribution in [0.4, 0.5) is 5.13 Å². The number of carboxylic acids is 1. The monoisotopic (exact) mass is 558 g/mol. The van der Waals surface area contributed by atoms with E-state index in [1.54, 1.807) is 23.4 Å². The summed E-state index contributed by atoms with van der Waals surface area (Å²) in [5, 5.41) is 25.7. The van der Waals surface area contributed by atoms with E-state index in [-0.39, 0.29) is 32.0 Å². The van der Waals surface area contributed by atoms with E-state index in [1.165, 1.54) is 23.5 Å². The second-order valence-corrected chi connectivity index (χ2v) is 11.7. The maximum atomic E-state index is 12.8. The number of thiazole rings is 1.